The third kappa shape index (κ3) is 3.97. The summed E-state index contributed by atoms with van der Waals surface area (Å²) in [7, 11) is -3.58. The largest absolute Gasteiger partial charge is 0.392 e. The Morgan fingerprint density at radius 1 is 1.11 bits per heavy atom. The number of hydrogen-bond donors (Lipinski definition) is 2. The lowest BCUT2D eigenvalue weighted by Crippen LogP contribution is -2.17. The minimum absolute atomic E-state index is 0.0607. The normalized spacial score (nSPS) is 11.2. The van der Waals surface area contributed by atoms with Crippen molar-refractivity contribution in [1.29, 1.82) is 0 Å². The molecule has 19 heavy (non-hydrogen) atoms. The van der Waals surface area contributed by atoms with Crippen LogP contribution in [0.15, 0.2) is 36.7 Å². The molecule has 100 valence electrons. The van der Waals surface area contributed by atoms with E-state index in [1.807, 2.05) is 0 Å². The van der Waals surface area contributed by atoms with Gasteiger partial charge in [0.05, 0.1) is 24.8 Å². The summed E-state index contributed by atoms with van der Waals surface area (Å²) in [5.41, 5.74) is 1.33. The number of nitrogens with one attached hydrogen (secondary N) is 1. The molecule has 8 heteroatoms. The lowest BCUT2D eigenvalue weighted by Gasteiger charge is -2.06. The molecular weight excluding hydrogens is 268 g/mol. The van der Waals surface area contributed by atoms with Gasteiger partial charge in [0, 0.05) is 0 Å². The first-order valence-corrected chi connectivity index (χ1v) is 7.07. The Bertz CT molecular complexity index is 629. The molecule has 0 amide bonds. The van der Waals surface area contributed by atoms with Gasteiger partial charge in [0.1, 0.15) is 0 Å². The smallest absolute Gasteiger partial charge is 0.256 e. The van der Waals surface area contributed by atoms with Crippen LogP contribution in [0.2, 0.25) is 0 Å². The van der Waals surface area contributed by atoms with Gasteiger partial charge in [0.2, 0.25) is 10.0 Å². The van der Waals surface area contributed by atoms with Crippen molar-refractivity contribution in [2.45, 2.75) is 12.4 Å². The minimum atomic E-state index is -3.58. The zero-order chi connectivity index (χ0) is 13.7. The van der Waals surface area contributed by atoms with Crippen LogP contribution in [0, 0.1) is 0 Å². The molecule has 0 saturated heterocycles. The van der Waals surface area contributed by atoms with Crippen LogP contribution in [-0.2, 0) is 22.4 Å². The fourth-order valence-electron chi connectivity index (χ4n) is 1.43. The summed E-state index contributed by atoms with van der Waals surface area (Å²) in [4.78, 5) is 3.74. The lowest BCUT2D eigenvalue weighted by molar-refractivity contribution is 0.282. The molecular formula is C11H12N4O3S. The average molecular weight is 280 g/mol. The predicted octanol–water partition coefficient (Wildman–Crippen LogP) is 0.306. The van der Waals surface area contributed by atoms with E-state index in [9.17, 15) is 8.42 Å². The quantitative estimate of drug-likeness (QED) is 0.816. The third-order valence-corrected chi connectivity index (χ3v) is 3.50. The molecule has 2 aromatic rings. The average Bonchev–Trinajstić information content (AvgIpc) is 2.39. The number of sulfonamides is 1. The fraction of sp³-hybridized carbons (Fsp3) is 0.182. The van der Waals surface area contributed by atoms with Crippen molar-refractivity contribution in [2.75, 3.05) is 4.72 Å². The molecule has 0 unspecified atom stereocenters. The predicted molar refractivity (Wildman–Crippen MR) is 68.4 cm³/mol. The summed E-state index contributed by atoms with van der Waals surface area (Å²) >= 11 is 0. The molecule has 0 aliphatic rings. The second kappa shape index (κ2) is 5.72. The number of hydrogen-bond acceptors (Lipinski definition) is 6. The summed E-state index contributed by atoms with van der Waals surface area (Å²) in [6.45, 7) is -0.0746. The van der Waals surface area contributed by atoms with E-state index in [0.717, 1.165) is 5.56 Å². The zero-order valence-electron chi connectivity index (χ0n) is 9.89. The molecule has 0 radical (unpaired) electrons. The SMILES string of the molecule is O=S(=O)(Cc1ccc(CO)cc1)Nc1nccnn1. The Morgan fingerprint density at radius 3 is 2.37 bits per heavy atom. The van der Waals surface area contributed by atoms with Crippen molar-refractivity contribution >= 4 is 16.0 Å². The number of aliphatic hydroxyl groups is 1. The van der Waals surface area contributed by atoms with Gasteiger partial charge in [0.15, 0.2) is 0 Å². The van der Waals surface area contributed by atoms with Gasteiger partial charge in [-0.1, -0.05) is 24.3 Å². The molecule has 2 N–H and O–H groups in total. The van der Waals surface area contributed by atoms with E-state index in [0.29, 0.717) is 5.56 Å². The van der Waals surface area contributed by atoms with Gasteiger partial charge in [0.25, 0.3) is 5.95 Å². The van der Waals surface area contributed by atoms with E-state index in [-0.39, 0.29) is 18.3 Å². The summed E-state index contributed by atoms with van der Waals surface area (Å²) in [5.74, 6) is -0.258. The molecule has 0 spiro atoms. The molecule has 1 aromatic carbocycles. The first kappa shape index (κ1) is 13.4. The number of rotatable bonds is 5. The van der Waals surface area contributed by atoms with Crippen LogP contribution in [0.5, 0.6) is 0 Å². The van der Waals surface area contributed by atoms with Crippen molar-refractivity contribution in [3.05, 3.63) is 47.8 Å². The Labute approximate surface area is 110 Å². The van der Waals surface area contributed by atoms with E-state index in [2.05, 4.69) is 19.9 Å². The summed E-state index contributed by atoms with van der Waals surface area (Å²) in [6, 6.07) is 6.64. The van der Waals surface area contributed by atoms with Crippen molar-refractivity contribution in [3.8, 4) is 0 Å². The number of nitrogens with zero attached hydrogens (tertiary/aromatic N) is 3. The van der Waals surface area contributed by atoms with E-state index in [4.69, 9.17) is 5.11 Å². The maximum Gasteiger partial charge on any atom is 0.256 e. The second-order valence-electron chi connectivity index (χ2n) is 3.80. The van der Waals surface area contributed by atoms with Gasteiger partial charge in [-0.05, 0) is 11.1 Å². The van der Waals surface area contributed by atoms with Gasteiger partial charge in [-0.2, -0.15) is 5.10 Å². The first-order valence-electron chi connectivity index (χ1n) is 5.42. The molecule has 0 bridgehead atoms. The molecule has 1 heterocycles. The monoisotopic (exact) mass is 280 g/mol. The van der Waals surface area contributed by atoms with Gasteiger partial charge in [-0.3, -0.25) is 0 Å². The van der Waals surface area contributed by atoms with E-state index in [1.165, 1.54) is 12.4 Å². The molecule has 0 fully saturated rings. The van der Waals surface area contributed by atoms with Crippen molar-refractivity contribution in [3.63, 3.8) is 0 Å². The molecule has 0 aliphatic carbocycles. The second-order valence-corrected chi connectivity index (χ2v) is 5.52. The Kier molecular flexibility index (Phi) is 4.03. The van der Waals surface area contributed by atoms with Crippen molar-refractivity contribution in [2.24, 2.45) is 0 Å². The molecule has 0 aliphatic heterocycles. The highest BCUT2D eigenvalue weighted by atomic mass is 32.2. The zero-order valence-corrected chi connectivity index (χ0v) is 10.7. The fourth-order valence-corrected chi connectivity index (χ4v) is 2.50. The Hall–Kier alpha value is -2.06. The Balaban J connectivity index is 2.08. The van der Waals surface area contributed by atoms with Crippen LogP contribution in [-0.4, -0.2) is 28.7 Å². The highest BCUT2D eigenvalue weighted by Crippen LogP contribution is 2.10. The molecule has 2 rings (SSSR count). The first-order chi connectivity index (χ1) is 9.09. The highest BCUT2D eigenvalue weighted by Gasteiger charge is 2.13. The van der Waals surface area contributed by atoms with Gasteiger partial charge in [-0.15, -0.1) is 5.10 Å². The number of anilines is 1. The van der Waals surface area contributed by atoms with Gasteiger partial charge < -0.3 is 5.11 Å². The van der Waals surface area contributed by atoms with Crippen LogP contribution < -0.4 is 4.72 Å². The van der Waals surface area contributed by atoms with Crippen LogP contribution in [0.25, 0.3) is 0 Å². The lowest BCUT2D eigenvalue weighted by atomic mass is 10.2. The molecule has 0 atom stereocenters. The van der Waals surface area contributed by atoms with Gasteiger partial charge in [-0.25, -0.2) is 18.1 Å². The summed E-state index contributed by atoms with van der Waals surface area (Å²) < 4.78 is 25.9. The molecule has 7 nitrogen and oxygen atoms in total. The number of aliphatic hydroxyl groups excluding tert-OH is 1. The van der Waals surface area contributed by atoms with Crippen LogP contribution in [0.3, 0.4) is 0 Å². The topological polar surface area (TPSA) is 105 Å². The van der Waals surface area contributed by atoms with Crippen LogP contribution in [0.4, 0.5) is 5.95 Å². The number of aromatic nitrogens is 3. The van der Waals surface area contributed by atoms with Crippen LogP contribution >= 0.6 is 0 Å². The maximum atomic E-state index is 11.9. The van der Waals surface area contributed by atoms with E-state index in [1.54, 1.807) is 24.3 Å². The van der Waals surface area contributed by atoms with Crippen molar-refractivity contribution < 1.29 is 13.5 Å². The molecule has 0 saturated carbocycles. The minimum Gasteiger partial charge on any atom is -0.392 e. The maximum absolute atomic E-state index is 11.9. The van der Waals surface area contributed by atoms with E-state index < -0.39 is 10.0 Å². The summed E-state index contributed by atoms with van der Waals surface area (Å²) in [6.07, 6.45) is 2.70. The standard InChI is InChI=1S/C11H12N4O3S/c16-7-9-1-3-10(4-2-9)8-19(17,18)15-11-12-5-6-13-14-11/h1-6,16H,7-8H2,(H,12,14,15). The number of benzene rings is 1. The summed E-state index contributed by atoms with van der Waals surface area (Å²) in [5, 5.41) is 16.0. The van der Waals surface area contributed by atoms with E-state index >= 15 is 0 Å². The third-order valence-electron chi connectivity index (χ3n) is 2.29. The Morgan fingerprint density at radius 2 is 1.79 bits per heavy atom. The molecule has 1 aromatic heterocycles. The highest BCUT2D eigenvalue weighted by molar-refractivity contribution is 7.91. The van der Waals surface area contributed by atoms with Crippen molar-refractivity contribution in [1.82, 2.24) is 15.2 Å². The van der Waals surface area contributed by atoms with Gasteiger partial charge >= 0.3 is 0 Å². The van der Waals surface area contributed by atoms with Crippen LogP contribution in [0.1, 0.15) is 11.1 Å².